The highest BCUT2D eigenvalue weighted by Crippen LogP contribution is 2.17. The molecular formula is C21H26O2S. The average molecular weight is 343 g/mol. The van der Waals surface area contributed by atoms with Crippen LogP contribution < -0.4 is 4.74 Å². The third-order valence-corrected chi connectivity index (χ3v) is 4.29. The van der Waals surface area contributed by atoms with E-state index in [-0.39, 0.29) is 5.78 Å². The van der Waals surface area contributed by atoms with E-state index in [2.05, 4.69) is 31.7 Å². The maximum absolute atomic E-state index is 12.5. The van der Waals surface area contributed by atoms with Crippen LogP contribution in [0.5, 0.6) is 5.75 Å². The van der Waals surface area contributed by atoms with Crippen molar-refractivity contribution in [2.45, 2.75) is 39.0 Å². The largest absolute Gasteiger partial charge is 0.494 e. The third kappa shape index (κ3) is 5.72. The van der Waals surface area contributed by atoms with E-state index in [1.165, 1.54) is 18.4 Å². The number of benzene rings is 2. The first-order valence-electron chi connectivity index (χ1n) is 8.72. The molecule has 2 aromatic rings. The Morgan fingerprint density at radius 2 is 1.54 bits per heavy atom. The molecule has 3 heteroatoms. The Kier molecular flexibility index (Phi) is 7.90. The van der Waals surface area contributed by atoms with Crippen LogP contribution in [-0.4, -0.2) is 18.1 Å². The summed E-state index contributed by atoms with van der Waals surface area (Å²) in [6, 6.07) is 15.4. The fraction of sp³-hybridized carbons (Fsp3) is 0.381. The summed E-state index contributed by atoms with van der Waals surface area (Å²) in [7, 11) is 0. The Morgan fingerprint density at radius 3 is 2.12 bits per heavy atom. The van der Waals surface area contributed by atoms with Crippen molar-refractivity contribution in [3.8, 4) is 5.75 Å². The second-order valence-corrected chi connectivity index (χ2v) is 6.38. The Labute approximate surface area is 150 Å². The van der Waals surface area contributed by atoms with Crippen LogP contribution in [0.3, 0.4) is 0 Å². The molecule has 2 aromatic carbocycles. The van der Waals surface area contributed by atoms with Crippen LogP contribution in [0.25, 0.3) is 0 Å². The lowest BCUT2D eigenvalue weighted by Crippen LogP contribution is -2.02. The lowest BCUT2D eigenvalue weighted by molar-refractivity contribution is 0.103. The molecule has 0 aromatic heterocycles. The Hall–Kier alpha value is -1.74. The smallest absolute Gasteiger partial charge is 0.193 e. The molecule has 2 nitrogen and oxygen atoms in total. The summed E-state index contributed by atoms with van der Waals surface area (Å²) >= 11 is 4.18. The summed E-state index contributed by atoms with van der Waals surface area (Å²) in [6.07, 6.45) is 5.49. The molecule has 2 rings (SSSR count). The minimum Gasteiger partial charge on any atom is -0.494 e. The van der Waals surface area contributed by atoms with Crippen LogP contribution in [0.2, 0.25) is 0 Å². The average Bonchev–Trinajstić information content (AvgIpc) is 2.64. The molecule has 0 spiro atoms. The van der Waals surface area contributed by atoms with Crippen molar-refractivity contribution >= 4 is 18.4 Å². The number of aryl methyl sites for hydroxylation is 1. The molecule has 0 atom stereocenters. The normalized spacial score (nSPS) is 10.6. The van der Waals surface area contributed by atoms with Crippen molar-refractivity contribution in [2.75, 3.05) is 12.4 Å². The number of ketones is 1. The van der Waals surface area contributed by atoms with Crippen molar-refractivity contribution in [1.82, 2.24) is 0 Å². The van der Waals surface area contributed by atoms with Gasteiger partial charge in [0, 0.05) is 11.1 Å². The summed E-state index contributed by atoms with van der Waals surface area (Å²) in [5.74, 6) is 1.74. The van der Waals surface area contributed by atoms with Crippen molar-refractivity contribution < 1.29 is 9.53 Å². The van der Waals surface area contributed by atoms with Gasteiger partial charge in [-0.25, -0.2) is 0 Å². The van der Waals surface area contributed by atoms with Gasteiger partial charge < -0.3 is 4.74 Å². The van der Waals surface area contributed by atoms with Gasteiger partial charge in [0.15, 0.2) is 5.78 Å². The highest BCUT2D eigenvalue weighted by atomic mass is 32.1. The SMILES string of the molecule is CCCCc1ccc(C(=O)c2ccc(OCCCCS)cc2)cc1. The zero-order valence-electron chi connectivity index (χ0n) is 14.3. The number of carbonyl (C=O) groups excluding carboxylic acids is 1. The molecule has 128 valence electrons. The number of thiol groups is 1. The number of hydrogen-bond donors (Lipinski definition) is 1. The topological polar surface area (TPSA) is 26.3 Å². The second kappa shape index (κ2) is 10.2. The molecular weight excluding hydrogens is 316 g/mol. The van der Waals surface area contributed by atoms with Gasteiger partial charge in [-0.2, -0.15) is 12.6 Å². The van der Waals surface area contributed by atoms with Crippen LogP contribution >= 0.6 is 12.6 Å². The fourth-order valence-corrected chi connectivity index (χ4v) is 2.70. The zero-order valence-corrected chi connectivity index (χ0v) is 15.2. The fourth-order valence-electron chi connectivity index (χ4n) is 2.48. The van der Waals surface area contributed by atoms with Gasteiger partial charge in [-0.05, 0) is 61.3 Å². The molecule has 0 unspecified atom stereocenters. The van der Waals surface area contributed by atoms with E-state index < -0.39 is 0 Å². The molecule has 24 heavy (non-hydrogen) atoms. The van der Waals surface area contributed by atoms with Crippen molar-refractivity contribution in [3.05, 3.63) is 65.2 Å². The van der Waals surface area contributed by atoms with E-state index in [0.717, 1.165) is 36.3 Å². The van der Waals surface area contributed by atoms with E-state index in [4.69, 9.17) is 4.74 Å². The predicted octanol–water partition coefficient (Wildman–Crippen LogP) is 5.35. The number of unbranched alkanes of at least 4 members (excludes halogenated alkanes) is 2. The van der Waals surface area contributed by atoms with Crippen molar-refractivity contribution in [2.24, 2.45) is 0 Å². The Balaban J connectivity index is 1.94. The molecule has 0 saturated heterocycles. The summed E-state index contributed by atoms with van der Waals surface area (Å²) in [5.41, 5.74) is 2.72. The van der Waals surface area contributed by atoms with Crippen LogP contribution in [0.1, 0.15) is 54.1 Å². The monoisotopic (exact) mass is 342 g/mol. The molecule has 0 aliphatic heterocycles. The summed E-state index contributed by atoms with van der Waals surface area (Å²) < 4.78 is 5.66. The van der Waals surface area contributed by atoms with Gasteiger partial charge in [-0.3, -0.25) is 4.79 Å². The van der Waals surface area contributed by atoms with Gasteiger partial charge in [-0.1, -0.05) is 37.6 Å². The van der Waals surface area contributed by atoms with Crippen molar-refractivity contribution in [1.29, 1.82) is 0 Å². The number of carbonyl (C=O) groups is 1. The van der Waals surface area contributed by atoms with E-state index >= 15 is 0 Å². The summed E-state index contributed by atoms with van der Waals surface area (Å²) in [4.78, 5) is 12.5. The molecule has 0 heterocycles. The van der Waals surface area contributed by atoms with Gasteiger partial charge in [0.2, 0.25) is 0 Å². The van der Waals surface area contributed by atoms with Crippen LogP contribution in [0.15, 0.2) is 48.5 Å². The second-order valence-electron chi connectivity index (χ2n) is 5.93. The minimum absolute atomic E-state index is 0.0543. The van der Waals surface area contributed by atoms with E-state index in [1.54, 1.807) is 0 Å². The highest BCUT2D eigenvalue weighted by Gasteiger charge is 2.09. The highest BCUT2D eigenvalue weighted by molar-refractivity contribution is 7.80. The summed E-state index contributed by atoms with van der Waals surface area (Å²) in [6.45, 7) is 2.87. The first-order chi connectivity index (χ1) is 11.7. The van der Waals surface area contributed by atoms with Crippen LogP contribution in [-0.2, 0) is 6.42 Å². The van der Waals surface area contributed by atoms with Crippen LogP contribution in [0, 0.1) is 0 Å². The standard InChI is InChI=1S/C21H26O2S/c1-2-3-6-17-7-9-18(10-8-17)21(22)19-11-13-20(14-12-19)23-15-4-5-16-24/h7-14,24H,2-6,15-16H2,1H3. The predicted molar refractivity (Wildman–Crippen MR) is 104 cm³/mol. The van der Waals surface area contributed by atoms with Gasteiger partial charge in [0.05, 0.1) is 6.61 Å². The molecule has 0 aliphatic rings. The lowest BCUT2D eigenvalue weighted by atomic mass is 10.0. The van der Waals surface area contributed by atoms with E-state index in [1.807, 2.05) is 36.4 Å². The zero-order chi connectivity index (χ0) is 17.2. The number of ether oxygens (including phenoxy) is 1. The maximum Gasteiger partial charge on any atom is 0.193 e. The van der Waals surface area contributed by atoms with Crippen LogP contribution in [0.4, 0.5) is 0 Å². The van der Waals surface area contributed by atoms with Crippen molar-refractivity contribution in [3.63, 3.8) is 0 Å². The van der Waals surface area contributed by atoms with E-state index in [9.17, 15) is 4.79 Å². The number of hydrogen-bond acceptors (Lipinski definition) is 3. The lowest BCUT2D eigenvalue weighted by Gasteiger charge is -2.07. The molecule has 0 bridgehead atoms. The van der Waals surface area contributed by atoms with Gasteiger partial charge in [0.1, 0.15) is 5.75 Å². The molecule has 0 N–H and O–H groups in total. The number of rotatable bonds is 10. The molecule has 0 radical (unpaired) electrons. The first kappa shape index (κ1) is 18.6. The summed E-state index contributed by atoms with van der Waals surface area (Å²) in [5, 5.41) is 0. The Morgan fingerprint density at radius 1 is 0.917 bits per heavy atom. The molecule has 0 amide bonds. The van der Waals surface area contributed by atoms with Gasteiger partial charge in [0.25, 0.3) is 0 Å². The quantitative estimate of drug-likeness (QED) is 0.358. The first-order valence-corrected chi connectivity index (χ1v) is 9.35. The van der Waals surface area contributed by atoms with E-state index in [0.29, 0.717) is 12.2 Å². The molecule has 0 saturated carbocycles. The molecule has 0 fully saturated rings. The Bertz CT molecular complexity index is 617. The van der Waals surface area contributed by atoms with Gasteiger partial charge >= 0.3 is 0 Å². The molecule has 0 aliphatic carbocycles. The maximum atomic E-state index is 12.5. The minimum atomic E-state index is 0.0543. The third-order valence-electron chi connectivity index (χ3n) is 3.97. The van der Waals surface area contributed by atoms with Gasteiger partial charge in [-0.15, -0.1) is 0 Å².